The van der Waals surface area contributed by atoms with Crippen LogP contribution < -0.4 is 5.73 Å². The molecule has 1 unspecified atom stereocenters. The van der Waals surface area contributed by atoms with Crippen LogP contribution in [0, 0.1) is 6.92 Å². The minimum atomic E-state index is 0.632. The molecule has 0 bridgehead atoms. The molecule has 0 radical (unpaired) electrons. The van der Waals surface area contributed by atoms with E-state index in [0.717, 1.165) is 5.69 Å². The van der Waals surface area contributed by atoms with Crippen molar-refractivity contribution in [1.82, 2.24) is 0 Å². The normalized spacial score (nSPS) is 12.8. The van der Waals surface area contributed by atoms with Gasteiger partial charge in [-0.3, -0.25) is 0 Å². The summed E-state index contributed by atoms with van der Waals surface area (Å²) in [5.41, 5.74) is 9.31. The molecule has 72 valence electrons. The van der Waals surface area contributed by atoms with Crippen molar-refractivity contribution >= 4 is 5.69 Å². The molecule has 0 aromatic heterocycles. The summed E-state index contributed by atoms with van der Waals surface area (Å²) in [5.74, 6) is 0.632. The Morgan fingerprint density at radius 2 is 2.08 bits per heavy atom. The van der Waals surface area contributed by atoms with Crippen LogP contribution >= 0.6 is 0 Å². The van der Waals surface area contributed by atoms with Crippen LogP contribution in [0.15, 0.2) is 18.2 Å². The Bertz CT molecular complexity index is 278. The Morgan fingerprint density at radius 1 is 1.38 bits per heavy atom. The highest BCUT2D eigenvalue weighted by atomic mass is 14.6. The lowest BCUT2D eigenvalue weighted by molar-refractivity contribution is 0.665. The quantitative estimate of drug-likeness (QED) is 0.703. The van der Waals surface area contributed by atoms with Gasteiger partial charge in [0.05, 0.1) is 0 Å². The van der Waals surface area contributed by atoms with E-state index in [1.54, 1.807) is 0 Å². The highest BCUT2D eigenvalue weighted by Gasteiger charge is 2.04. The molecule has 0 heterocycles. The molecule has 2 N–H and O–H groups in total. The fourth-order valence-corrected chi connectivity index (χ4v) is 1.57. The van der Waals surface area contributed by atoms with Crippen molar-refractivity contribution in [1.29, 1.82) is 0 Å². The molecule has 0 amide bonds. The summed E-state index contributed by atoms with van der Waals surface area (Å²) < 4.78 is 0. The summed E-state index contributed by atoms with van der Waals surface area (Å²) in [4.78, 5) is 0. The number of nitrogens with two attached hydrogens (primary N) is 1. The SMILES string of the molecule is CCCC(C)c1ccc(C)c(N)c1. The minimum absolute atomic E-state index is 0.632. The van der Waals surface area contributed by atoms with Gasteiger partial charge in [-0.1, -0.05) is 32.4 Å². The Morgan fingerprint density at radius 3 is 2.62 bits per heavy atom. The van der Waals surface area contributed by atoms with Crippen LogP contribution in [0.3, 0.4) is 0 Å². The average Bonchev–Trinajstić information content (AvgIpc) is 2.10. The number of aryl methyl sites for hydroxylation is 1. The van der Waals surface area contributed by atoms with Crippen LogP contribution in [0.1, 0.15) is 43.7 Å². The Kier molecular flexibility index (Phi) is 3.35. The van der Waals surface area contributed by atoms with Gasteiger partial charge in [0.25, 0.3) is 0 Å². The Hall–Kier alpha value is -0.980. The van der Waals surface area contributed by atoms with E-state index in [2.05, 4.69) is 32.0 Å². The molecule has 1 aromatic carbocycles. The third-order valence-electron chi connectivity index (χ3n) is 2.59. The molecule has 0 spiro atoms. The van der Waals surface area contributed by atoms with Gasteiger partial charge in [-0.15, -0.1) is 0 Å². The summed E-state index contributed by atoms with van der Waals surface area (Å²) in [6.07, 6.45) is 2.47. The van der Waals surface area contributed by atoms with E-state index in [-0.39, 0.29) is 0 Å². The molecule has 0 fully saturated rings. The molecule has 0 aliphatic carbocycles. The Balaban J connectivity index is 2.84. The number of benzene rings is 1. The number of anilines is 1. The van der Waals surface area contributed by atoms with Gasteiger partial charge in [-0.25, -0.2) is 0 Å². The molecule has 0 saturated heterocycles. The van der Waals surface area contributed by atoms with Crippen molar-refractivity contribution in [2.45, 2.75) is 39.5 Å². The van der Waals surface area contributed by atoms with Gasteiger partial charge in [0, 0.05) is 5.69 Å². The lowest BCUT2D eigenvalue weighted by Crippen LogP contribution is -1.96. The van der Waals surface area contributed by atoms with E-state index >= 15 is 0 Å². The zero-order valence-electron chi connectivity index (χ0n) is 8.80. The predicted octanol–water partition coefficient (Wildman–Crippen LogP) is 3.48. The summed E-state index contributed by atoms with van der Waals surface area (Å²) in [5, 5.41) is 0. The van der Waals surface area contributed by atoms with Gasteiger partial charge in [0.2, 0.25) is 0 Å². The maximum absolute atomic E-state index is 5.85. The molecule has 1 aromatic rings. The van der Waals surface area contributed by atoms with Gasteiger partial charge in [0.1, 0.15) is 0 Å². The lowest BCUT2D eigenvalue weighted by atomic mass is 9.95. The predicted molar refractivity (Wildman–Crippen MR) is 58.9 cm³/mol. The van der Waals surface area contributed by atoms with E-state index < -0.39 is 0 Å². The minimum Gasteiger partial charge on any atom is -0.399 e. The third kappa shape index (κ3) is 2.48. The zero-order valence-corrected chi connectivity index (χ0v) is 8.80. The highest BCUT2D eigenvalue weighted by Crippen LogP contribution is 2.23. The average molecular weight is 177 g/mol. The first-order valence-corrected chi connectivity index (χ1v) is 5.01. The van der Waals surface area contributed by atoms with E-state index in [1.165, 1.54) is 24.0 Å². The topological polar surface area (TPSA) is 26.0 Å². The first-order chi connectivity index (χ1) is 6.15. The van der Waals surface area contributed by atoms with Gasteiger partial charge < -0.3 is 5.73 Å². The van der Waals surface area contributed by atoms with Gasteiger partial charge in [0.15, 0.2) is 0 Å². The largest absolute Gasteiger partial charge is 0.399 e. The highest BCUT2D eigenvalue weighted by molar-refractivity contribution is 5.48. The van der Waals surface area contributed by atoms with Crippen LogP contribution in [0.5, 0.6) is 0 Å². The molecule has 1 rings (SSSR count). The molecule has 1 heteroatoms. The van der Waals surface area contributed by atoms with Crippen molar-refractivity contribution in [2.24, 2.45) is 0 Å². The van der Waals surface area contributed by atoms with Crippen LogP contribution in [0.25, 0.3) is 0 Å². The molecule has 0 aliphatic heterocycles. The Labute approximate surface area is 81.0 Å². The summed E-state index contributed by atoms with van der Waals surface area (Å²) in [7, 11) is 0. The molecular formula is C12H19N. The second-order valence-electron chi connectivity index (χ2n) is 3.81. The molecule has 1 atom stereocenters. The smallest absolute Gasteiger partial charge is 0.0346 e. The number of rotatable bonds is 3. The summed E-state index contributed by atoms with van der Waals surface area (Å²) in [6.45, 7) is 6.52. The summed E-state index contributed by atoms with van der Waals surface area (Å²) >= 11 is 0. The van der Waals surface area contributed by atoms with Crippen LogP contribution in [-0.4, -0.2) is 0 Å². The van der Waals surface area contributed by atoms with Crippen molar-refractivity contribution in [3.8, 4) is 0 Å². The van der Waals surface area contributed by atoms with Crippen LogP contribution in [0.2, 0.25) is 0 Å². The zero-order chi connectivity index (χ0) is 9.84. The van der Waals surface area contributed by atoms with Crippen molar-refractivity contribution in [3.63, 3.8) is 0 Å². The van der Waals surface area contributed by atoms with Crippen molar-refractivity contribution in [3.05, 3.63) is 29.3 Å². The number of nitrogen functional groups attached to an aromatic ring is 1. The van der Waals surface area contributed by atoms with E-state index in [0.29, 0.717) is 5.92 Å². The summed E-state index contributed by atoms with van der Waals surface area (Å²) in [6, 6.07) is 6.40. The van der Waals surface area contributed by atoms with E-state index in [9.17, 15) is 0 Å². The first-order valence-electron chi connectivity index (χ1n) is 5.01. The monoisotopic (exact) mass is 177 g/mol. The van der Waals surface area contributed by atoms with Crippen LogP contribution in [0.4, 0.5) is 5.69 Å². The van der Waals surface area contributed by atoms with E-state index in [4.69, 9.17) is 5.73 Å². The first kappa shape index (κ1) is 10.1. The fraction of sp³-hybridized carbons (Fsp3) is 0.500. The molecule has 13 heavy (non-hydrogen) atoms. The van der Waals surface area contributed by atoms with Gasteiger partial charge >= 0.3 is 0 Å². The van der Waals surface area contributed by atoms with Crippen molar-refractivity contribution < 1.29 is 0 Å². The maximum Gasteiger partial charge on any atom is 0.0346 e. The standard InChI is InChI=1S/C12H19N/c1-4-5-9(2)11-7-6-10(3)12(13)8-11/h6-9H,4-5,13H2,1-3H3. The number of hydrogen-bond acceptors (Lipinski definition) is 1. The second kappa shape index (κ2) is 4.31. The van der Waals surface area contributed by atoms with E-state index in [1.807, 2.05) is 6.92 Å². The molecule has 0 saturated carbocycles. The third-order valence-corrected chi connectivity index (χ3v) is 2.59. The maximum atomic E-state index is 5.85. The molecule has 1 nitrogen and oxygen atoms in total. The van der Waals surface area contributed by atoms with Crippen LogP contribution in [-0.2, 0) is 0 Å². The second-order valence-corrected chi connectivity index (χ2v) is 3.81. The number of hydrogen-bond donors (Lipinski definition) is 1. The van der Waals surface area contributed by atoms with Gasteiger partial charge in [-0.2, -0.15) is 0 Å². The fourth-order valence-electron chi connectivity index (χ4n) is 1.57. The van der Waals surface area contributed by atoms with Crippen molar-refractivity contribution in [2.75, 3.05) is 5.73 Å². The van der Waals surface area contributed by atoms with Gasteiger partial charge in [-0.05, 0) is 36.5 Å². The lowest BCUT2D eigenvalue weighted by Gasteiger charge is -2.11. The molecular weight excluding hydrogens is 158 g/mol. The molecule has 0 aliphatic rings.